The van der Waals surface area contributed by atoms with Crippen molar-refractivity contribution in [3.05, 3.63) is 54.1 Å². The lowest BCUT2D eigenvalue weighted by atomic mass is 10.2. The van der Waals surface area contributed by atoms with E-state index in [-0.39, 0.29) is 30.2 Å². The predicted molar refractivity (Wildman–Crippen MR) is 108 cm³/mol. The van der Waals surface area contributed by atoms with Gasteiger partial charge in [0.1, 0.15) is 0 Å². The minimum absolute atomic E-state index is 0.151. The molecule has 2 aromatic carbocycles. The molecule has 1 aliphatic rings. The van der Waals surface area contributed by atoms with Crippen molar-refractivity contribution in [3.8, 4) is 0 Å². The number of esters is 1. The van der Waals surface area contributed by atoms with E-state index in [0.717, 1.165) is 10.6 Å². The van der Waals surface area contributed by atoms with Crippen molar-refractivity contribution in [3.63, 3.8) is 0 Å². The van der Waals surface area contributed by atoms with E-state index in [9.17, 15) is 19.2 Å². The molecule has 1 N–H and O–H groups in total. The van der Waals surface area contributed by atoms with Gasteiger partial charge in [-0.25, -0.2) is 4.79 Å². The molecule has 29 heavy (non-hydrogen) atoms. The van der Waals surface area contributed by atoms with E-state index >= 15 is 0 Å². The van der Waals surface area contributed by atoms with Gasteiger partial charge in [0.25, 0.3) is 5.91 Å². The molecule has 0 saturated carbocycles. The lowest BCUT2D eigenvalue weighted by Gasteiger charge is -2.14. The van der Waals surface area contributed by atoms with Gasteiger partial charge >= 0.3 is 5.97 Å². The molecule has 8 nitrogen and oxygen atoms in total. The molecule has 0 atom stereocenters. The van der Waals surface area contributed by atoms with E-state index in [0.29, 0.717) is 11.4 Å². The number of amides is 3. The van der Waals surface area contributed by atoms with Gasteiger partial charge in [-0.15, -0.1) is 0 Å². The van der Waals surface area contributed by atoms with Crippen LogP contribution >= 0.6 is 0 Å². The van der Waals surface area contributed by atoms with Gasteiger partial charge in [-0.3, -0.25) is 19.3 Å². The summed E-state index contributed by atoms with van der Waals surface area (Å²) in [5, 5.41) is 2.65. The van der Waals surface area contributed by atoms with Crippen molar-refractivity contribution in [2.24, 2.45) is 0 Å². The van der Waals surface area contributed by atoms with Crippen LogP contribution in [-0.4, -0.2) is 44.4 Å². The molecule has 0 radical (unpaired) electrons. The third kappa shape index (κ3) is 4.78. The number of rotatable bonds is 6. The molecule has 3 rings (SSSR count). The Hall–Kier alpha value is -3.68. The lowest BCUT2D eigenvalue weighted by molar-refractivity contribution is -0.121. The molecule has 3 amide bonds. The second-order valence-corrected chi connectivity index (χ2v) is 6.74. The molecule has 8 heteroatoms. The first-order valence-electron chi connectivity index (χ1n) is 9.05. The van der Waals surface area contributed by atoms with E-state index < -0.39 is 18.5 Å². The topological polar surface area (TPSA) is 96.0 Å². The molecule has 1 heterocycles. The van der Waals surface area contributed by atoms with Crippen molar-refractivity contribution >= 4 is 40.8 Å². The number of imide groups is 1. The monoisotopic (exact) mass is 395 g/mol. The van der Waals surface area contributed by atoms with E-state index in [1.807, 2.05) is 31.1 Å². The molecule has 0 unspecified atom stereocenters. The van der Waals surface area contributed by atoms with Crippen LogP contribution in [0, 0.1) is 0 Å². The predicted octanol–water partition coefficient (Wildman–Crippen LogP) is 2.20. The number of nitrogens with zero attached hydrogens (tertiary/aromatic N) is 2. The third-order valence-electron chi connectivity index (χ3n) is 4.39. The summed E-state index contributed by atoms with van der Waals surface area (Å²) in [6.07, 6.45) is 0.312. The maximum atomic E-state index is 12.3. The zero-order valence-corrected chi connectivity index (χ0v) is 16.2. The van der Waals surface area contributed by atoms with Crippen LogP contribution < -0.4 is 15.1 Å². The third-order valence-corrected chi connectivity index (χ3v) is 4.39. The number of nitrogens with one attached hydrogen (secondary N) is 1. The largest absolute Gasteiger partial charge is 0.452 e. The van der Waals surface area contributed by atoms with Crippen LogP contribution in [0.2, 0.25) is 0 Å². The normalized spacial score (nSPS) is 13.4. The van der Waals surface area contributed by atoms with Crippen LogP contribution in [0.4, 0.5) is 17.1 Å². The van der Waals surface area contributed by atoms with Crippen LogP contribution in [0.5, 0.6) is 0 Å². The molecule has 0 aliphatic carbocycles. The number of ether oxygens (including phenoxy) is 1. The summed E-state index contributed by atoms with van der Waals surface area (Å²) >= 11 is 0. The Bertz CT molecular complexity index is 937. The number of carbonyl (C=O) groups is 4. The van der Waals surface area contributed by atoms with Gasteiger partial charge < -0.3 is 15.0 Å². The first-order chi connectivity index (χ1) is 13.8. The molecule has 2 aromatic rings. The average molecular weight is 395 g/mol. The Kier molecular flexibility index (Phi) is 5.92. The number of hydrogen-bond acceptors (Lipinski definition) is 6. The Morgan fingerprint density at radius 3 is 2.31 bits per heavy atom. The number of anilines is 3. The summed E-state index contributed by atoms with van der Waals surface area (Å²) in [7, 11) is 3.83. The van der Waals surface area contributed by atoms with Crippen molar-refractivity contribution < 1.29 is 23.9 Å². The smallest absolute Gasteiger partial charge is 0.338 e. The maximum Gasteiger partial charge on any atom is 0.338 e. The van der Waals surface area contributed by atoms with Gasteiger partial charge in [-0.1, -0.05) is 6.07 Å². The zero-order chi connectivity index (χ0) is 21.0. The molecule has 0 aromatic heterocycles. The SMILES string of the molecule is CN(C)c1ccc(NC(=O)COC(=O)c2cccc(N3C(=O)CCC3=O)c2)cc1. The Morgan fingerprint density at radius 2 is 1.69 bits per heavy atom. The average Bonchev–Trinajstić information content (AvgIpc) is 3.04. The van der Waals surface area contributed by atoms with Crippen LogP contribution in [0.15, 0.2) is 48.5 Å². The second kappa shape index (κ2) is 8.55. The molecular weight excluding hydrogens is 374 g/mol. The van der Waals surface area contributed by atoms with Crippen LogP contribution in [0.25, 0.3) is 0 Å². The maximum absolute atomic E-state index is 12.3. The quantitative estimate of drug-likeness (QED) is 0.595. The first kappa shape index (κ1) is 20.1. The van der Waals surface area contributed by atoms with Gasteiger partial charge in [0.15, 0.2) is 6.61 Å². The first-order valence-corrected chi connectivity index (χ1v) is 9.05. The van der Waals surface area contributed by atoms with Crippen molar-refractivity contribution in [2.45, 2.75) is 12.8 Å². The number of hydrogen-bond donors (Lipinski definition) is 1. The van der Waals surface area contributed by atoms with Gasteiger partial charge in [0, 0.05) is 38.3 Å². The molecule has 1 fully saturated rings. The van der Waals surface area contributed by atoms with Gasteiger partial charge in [0.05, 0.1) is 11.3 Å². The highest BCUT2D eigenvalue weighted by atomic mass is 16.5. The molecule has 1 saturated heterocycles. The molecular formula is C21H21N3O5. The summed E-state index contributed by atoms with van der Waals surface area (Å²) in [6, 6.07) is 13.2. The fourth-order valence-corrected chi connectivity index (χ4v) is 2.89. The standard InChI is InChI=1S/C21H21N3O5/c1-23(2)16-8-6-15(7-9-16)22-18(25)13-29-21(28)14-4-3-5-17(12-14)24-19(26)10-11-20(24)27/h3-9,12H,10-11,13H2,1-2H3,(H,22,25). The summed E-state index contributed by atoms with van der Waals surface area (Å²) in [4.78, 5) is 51.0. The molecule has 1 aliphatic heterocycles. The highest BCUT2D eigenvalue weighted by Gasteiger charge is 2.30. The number of carbonyl (C=O) groups excluding carboxylic acids is 4. The summed E-state index contributed by atoms with van der Waals surface area (Å²) < 4.78 is 5.05. The molecule has 150 valence electrons. The summed E-state index contributed by atoms with van der Waals surface area (Å²) in [6.45, 7) is -0.458. The van der Waals surface area contributed by atoms with E-state index in [2.05, 4.69) is 5.32 Å². The van der Waals surface area contributed by atoms with Crippen molar-refractivity contribution in [2.75, 3.05) is 35.8 Å². The zero-order valence-electron chi connectivity index (χ0n) is 16.2. The van der Waals surface area contributed by atoms with Crippen LogP contribution in [-0.2, 0) is 19.1 Å². The van der Waals surface area contributed by atoms with Gasteiger partial charge in [0.2, 0.25) is 11.8 Å². The number of benzene rings is 2. The second-order valence-electron chi connectivity index (χ2n) is 6.74. The van der Waals surface area contributed by atoms with Crippen molar-refractivity contribution in [1.29, 1.82) is 0 Å². The van der Waals surface area contributed by atoms with E-state index in [1.165, 1.54) is 12.1 Å². The Labute approximate surface area is 168 Å². The minimum atomic E-state index is -0.718. The fraction of sp³-hybridized carbons (Fsp3) is 0.238. The van der Waals surface area contributed by atoms with Gasteiger partial charge in [-0.05, 0) is 42.5 Å². The Morgan fingerprint density at radius 1 is 1.03 bits per heavy atom. The fourth-order valence-electron chi connectivity index (χ4n) is 2.89. The highest BCUT2D eigenvalue weighted by molar-refractivity contribution is 6.20. The van der Waals surface area contributed by atoms with Crippen LogP contribution in [0.1, 0.15) is 23.2 Å². The van der Waals surface area contributed by atoms with E-state index in [1.54, 1.807) is 24.3 Å². The van der Waals surface area contributed by atoms with Crippen molar-refractivity contribution in [1.82, 2.24) is 0 Å². The molecule has 0 bridgehead atoms. The van der Waals surface area contributed by atoms with E-state index in [4.69, 9.17) is 4.74 Å². The summed E-state index contributed by atoms with van der Waals surface area (Å²) in [5.41, 5.74) is 2.05. The highest BCUT2D eigenvalue weighted by Crippen LogP contribution is 2.23. The van der Waals surface area contributed by atoms with Crippen LogP contribution in [0.3, 0.4) is 0 Å². The molecule has 0 spiro atoms. The summed E-state index contributed by atoms with van der Waals surface area (Å²) in [5.74, 6) is -1.80. The Balaban J connectivity index is 1.58. The minimum Gasteiger partial charge on any atom is -0.452 e. The van der Waals surface area contributed by atoms with Gasteiger partial charge in [-0.2, -0.15) is 0 Å². The lowest BCUT2D eigenvalue weighted by Crippen LogP contribution is -2.28.